The largest absolute Gasteiger partial charge is 0.476 e. The molecule has 0 amide bonds. The molecule has 118 valence electrons. The number of hydrogen-bond acceptors (Lipinski definition) is 7. The minimum absolute atomic E-state index is 0.213. The maximum Gasteiger partial charge on any atom is 0.242 e. The minimum atomic E-state index is 0.213. The van der Waals surface area contributed by atoms with Gasteiger partial charge in [0.05, 0.1) is 12.7 Å². The van der Waals surface area contributed by atoms with Crippen molar-refractivity contribution >= 4 is 11.5 Å². The summed E-state index contributed by atoms with van der Waals surface area (Å²) >= 11 is 0. The highest BCUT2D eigenvalue weighted by Crippen LogP contribution is 2.27. The highest BCUT2D eigenvalue weighted by Gasteiger charge is 2.18. The van der Waals surface area contributed by atoms with Crippen molar-refractivity contribution in [3.63, 3.8) is 0 Å². The van der Waals surface area contributed by atoms with Crippen LogP contribution in [0.25, 0.3) is 0 Å². The average Bonchev–Trinajstić information content (AvgIpc) is 2.99. The highest BCUT2D eigenvalue weighted by atomic mass is 16.5. The number of nitrogen functional groups attached to an aromatic ring is 1. The van der Waals surface area contributed by atoms with Crippen LogP contribution >= 0.6 is 0 Å². The van der Waals surface area contributed by atoms with Gasteiger partial charge in [-0.15, -0.1) is 0 Å². The molecule has 2 heterocycles. The third kappa shape index (κ3) is 4.44. The van der Waals surface area contributed by atoms with Crippen molar-refractivity contribution < 1.29 is 14.2 Å². The van der Waals surface area contributed by atoms with E-state index < -0.39 is 0 Å². The van der Waals surface area contributed by atoms with E-state index in [4.69, 9.17) is 19.9 Å². The van der Waals surface area contributed by atoms with E-state index in [0.29, 0.717) is 43.0 Å². The smallest absolute Gasteiger partial charge is 0.242 e. The molecule has 1 aliphatic rings. The molecule has 1 fully saturated rings. The van der Waals surface area contributed by atoms with Gasteiger partial charge < -0.3 is 25.3 Å². The van der Waals surface area contributed by atoms with Crippen molar-refractivity contribution in [2.24, 2.45) is 0 Å². The lowest BCUT2D eigenvalue weighted by atomic mass is 10.2. The summed E-state index contributed by atoms with van der Waals surface area (Å²) in [6.07, 6.45) is 3.26. The SMILES string of the molecule is CCCOc1nc(COC)nc(NCC2CCCO2)c1N. The van der Waals surface area contributed by atoms with Gasteiger partial charge in [0, 0.05) is 20.3 Å². The van der Waals surface area contributed by atoms with Gasteiger partial charge in [-0.05, 0) is 19.3 Å². The Morgan fingerprint density at radius 1 is 1.43 bits per heavy atom. The fourth-order valence-electron chi connectivity index (χ4n) is 2.15. The van der Waals surface area contributed by atoms with Crippen LogP contribution in [0.15, 0.2) is 0 Å². The summed E-state index contributed by atoms with van der Waals surface area (Å²) in [6, 6.07) is 0. The molecule has 7 nitrogen and oxygen atoms in total. The molecule has 0 saturated carbocycles. The van der Waals surface area contributed by atoms with E-state index in [1.807, 2.05) is 6.92 Å². The lowest BCUT2D eigenvalue weighted by Crippen LogP contribution is -2.20. The number of aromatic nitrogens is 2. The zero-order valence-electron chi connectivity index (χ0n) is 12.7. The molecule has 1 aromatic rings. The molecule has 7 heteroatoms. The van der Waals surface area contributed by atoms with Gasteiger partial charge in [-0.2, -0.15) is 4.98 Å². The number of nitrogens with one attached hydrogen (secondary N) is 1. The molecule has 0 radical (unpaired) electrons. The summed E-state index contributed by atoms with van der Waals surface area (Å²) in [4.78, 5) is 8.67. The van der Waals surface area contributed by atoms with E-state index in [9.17, 15) is 0 Å². The molecule has 0 spiro atoms. The summed E-state index contributed by atoms with van der Waals surface area (Å²) in [6.45, 7) is 4.42. The van der Waals surface area contributed by atoms with Gasteiger partial charge in [0.25, 0.3) is 0 Å². The molecule has 21 heavy (non-hydrogen) atoms. The Labute approximate surface area is 125 Å². The van der Waals surface area contributed by atoms with Gasteiger partial charge in [-0.25, -0.2) is 4.98 Å². The van der Waals surface area contributed by atoms with Gasteiger partial charge in [-0.3, -0.25) is 0 Å². The second kappa shape index (κ2) is 7.99. The van der Waals surface area contributed by atoms with E-state index in [-0.39, 0.29) is 6.10 Å². The van der Waals surface area contributed by atoms with Crippen LogP contribution in [0.5, 0.6) is 5.88 Å². The Kier molecular flexibility index (Phi) is 6.01. The number of hydrogen-bond donors (Lipinski definition) is 2. The number of nitrogens with zero attached hydrogens (tertiary/aromatic N) is 2. The Bertz CT molecular complexity index is 450. The van der Waals surface area contributed by atoms with E-state index in [2.05, 4.69) is 15.3 Å². The molecule has 1 aliphatic heterocycles. The predicted octanol–water partition coefficient (Wildman–Crippen LogP) is 1.58. The van der Waals surface area contributed by atoms with E-state index in [1.54, 1.807) is 7.11 Å². The topological polar surface area (TPSA) is 91.5 Å². The van der Waals surface area contributed by atoms with Crippen molar-refractivity contribution in [1.29, 1.82) is 0 Å². The van der Waals surface area contributed by atoms with Crippen LogP contribution in [0.3, 0.4) is 0 Å². The van der Waals surface area contributed by atoms with Crippen LogP contribution < -0.4 is 15.8 Å². The summed E-state index contributed by atoms with van der Waals surface area (Å²) in [7, 11) is 1.60. The molecule has 0 aromatic carbocycles. The molecular formula is C14H24N4O3. The van der Waals surface area contributed by atoms with Crippen molar-refractivity contribution in [3.05, 3.63) is 5.82 Å². The molecule has 1 aromatic heterocycles. The zero-order valence-corrected chi connectivity index (χ0v) is 12.7. The Morgan fingerprint density at radius 3 is 2.95 bits per heavy atom. The van der Waals surface area contributed by atoms with Crippen molar-refractivity contribution in [1.82, 2.24) is 9.97 Å². The first-order valence-electron chi connectivity index (χ1n) is 7.38. The summed E-state index contributed by atoms with van der Waals surface area (Å²) in [5.74, 6) is 1.54. The standard InChI is InChI=1S/C14H24N4O3/c1-3-6-21-14-12(15)13(17-11(18-14)9-19-2)16-8-10-5-4-7-20-10/h10H,3-9,15H2,1-2H3,(H,16,17,18). The van der Waals surface area contributed by atoms with Crippen molar-refractivity contribution in [3.8, 4) is 5.88 Å². The third-order valence-electron chi connectivity index (χ3n) is 3.19. The Morgan fingerprint density at radius 2 is 2.29 bits per heavy atom. The average molecular weight is 296 g/mol. The molecule has 1 saturated heterocycles. The highest BCUT2D eigenvalue weighted by molar-refractivity contribution is 5.67. The lowest BCUT2D eigenvalue weighted by Gasteiger charge is -2.15. The summed E-state index contributed by atoms with van der Waals surface area (Å²) in [5.41, 5.74) is 6.51. The first-order chi connectivity index (χ1) is 10.2. The minimum Gasteiger partial charge on any atom is -0.476 e. The molecule has 2 rings (SSSR count). The summed E-state index contributed by atoms with van der Waals surface area (Å²) < 4.78 is 16.3. The van der Waals surface area contributed by atoms with Gasteiger partial charge in [0.1, 0.15) is 12.3 Å². The maximum absolute atomic E-state index is 6.08. The monoisotopic (exact) mass is 296 g/mol. The maximum atomic E-state index is 6.08. The first kappa shape index (κ1) is 15.8. The predicted molar refractivity (Wildman–Crippen MR) is 80.4 cm³/mol. The third-order valence-corrected chi connectivity index (χ3v) is 3.19. The van der Waals surface area contributed by atoms with E-state index >= 15 is 0 Å². The summed E-state index contributed by atoms with van der Waals surface area (Å²) in [5, 5.41) is 3.23. The van der Waals surface area contributed by atoms with Crippen LogP contribution in [0, 0.1) is 0 Å². The van der Waals surface area contributed by atoms with Crippen molar-refractivity contribution in [2.45, 2.75) is 38.9 Å². The van der Waals surface area contributed by atoms with Crippen LogP contribution in [-0.4, -0.2) is 42.9 Å². The molecule has 1 unspecified atom stereocenters. The molecule has 0 aliphatic carbocycles. The fraction of sp³-hybridized carbons (Fsp3) is 0.714. The number of ether oxygens (including phenoxy) is 3. The van der Waals surface area contributed by atoms with Gasteiger partial charge in [0.15, 0.2) is 11.6 Å². The van der Waals surface area contributed by atoms with Crippen LogP contribution in [-0.2, 0) is 16.1 Å². The van der Waals surface area contributed by atoms with Gasteiger partial charge in [0.2, 0.25) is 5.88 Å². The van der Waals surface area contributed by atoms with Crippen LogP contribution in [0.2, 0.25) is 0 Å². The number of rotatable bonds is 8. The van der Waals surface area contributed by atoms with Crippen LogP contribution in [0.1, 0.15) is 32.0 Å². The fourth-order valence-corrected chi connectivity index (χ4v) is 2.15. The van der Waals surface area contributed by atoms with Crippen molar-refractivity contribution in [2.75, 3.05) is 37.9 Å². The quantitative estimate of drug-likeness (QED) is 0.752. The molecule has 1 atom stereocenters. The molecule has 0 bridgehead atoms. The van der Waals surface area contributed by atoms with E-state index in [1.165, 1.54) is 0 Å². The van der Waals surface area contributed by atoms with Gasteiger partial charge in [-0.1, -0.05) is 6.92 Å². The lowest BCUT2D eigenvalue weighted by molar-refractivity contribution is 0.120. The van der Waals surface area contributed by atoms with Crippen LogP contribution in [0.4, 0.5) is 11.5 Å². The second-order valence-electron chi connectivity index (χ2n) is 5.00. The van der Waals surface area contributed by atoms with E-state index in [0.717, 1.165) is 25.9 Å². The number of anilines is 2. The molecular weight excluding hydrogens is 272 g/mol. The Balaban J connectivity index is 2.10. The molecule has 3 N–H and O–H groups in total. The normalized spacial score (nSPS) is 17.9. The number of methoxy groups -OCH3 is 1. The second-order valence-corrected chi connectivity index (χ2v) is 5.00. The Hall–Kier alpha value is -1.60. The first-order valence-corrected chi connectivity index (χ1v) is 7.38. The number of nitrogens with two attached hydrogens (primary N) is 1. The zero-order chi connectivity index (χ0) is 15.1. The van der Waals surface area contributed by atoms with Gasteiger partial charge >= 0.3 is 0 Å².